The highest BCUT2D eigenvalue weighted by Gasteiger charge is 2.60. The summed E-state index contributed by atoms with van der Waals surface area (Å²) in [6.07, 6.45) is 12.5. The first-order chi connectivity index (χ1) is 10.9. The fourth-order valence-electron chi connectivity index (χ4n) is 7.67. The van der Waals surface area contributed by atoms with Gasteiger partial charge >= 0.3 is 0 Å². The van der Waals surface area contributed by atoms with Gasteiger partial charge in [0.15, 0.2) is 0 Å². The zero-order valence-electron chi connectivity index (χ0n) is 15.7. The first kappa shape index (κ1) is 16.0. The molecule has 7 atom stereocenters. The Morgan fingerprint density at radius 2 is 1.83 bits per heavy atom. The van der Waals surface area contributed by atoms with E-state index in [0.29, 0.717) is 10.8 Å². The van der Waals surface area contributed by atoms with Gasteiger partial charge in [-0.15, -0.1) is 0 Å². The summed E-state index contributed by atoms with van der Waals surface area (Å²) in [6, 6.07) is 0. The predicted molar refractivity (Wildman–Crippen MR) is 99.2 cm³/mol. The van der Waals surface area contributed by atoms with Gasteiger partial charge in [0, 0.05) is 0 Å². The van der Waals surface area contributed by atoms with Crippen molar-refractivity contribution in [3.8, 4) is 0 Å². The van der Waals surface area contributed by atoms with Crippen LogP contribution in [0.5, 0.6) is 0 Å². The maximum atomic E-state index is 4.50. The molecule has 4 fully saturated rings. The molecule has 7 unspecified atom stereocenters. The van der Waals surface area contributed by atoms with E-state index in [-0.39, 0.29) is 0 Å². The number of allylic oxidation sites excluding steroid dienone is 2. The Kier molecular flexibility index (Phi) is 3.64. The van der Waals surface area contributed by atoms with E-state index in [2.05, 4.69) is 33.9 Å². The molecular weight excluding hydrogens is 276 g/mol. The Hall–Kier alpha value is -0.520. The standard InChI is InChI=1S/C23H36/c1-6-17-14-18-13-15(2)9-11-23(18,5)20-10-12-22(4)16(3)7-8-19(22)21(17)20/h17-21H,2-3,6-14H2,1,4-5H3. The van der Waals surface area contributed by atoms with Crippen LogP contribution in [-0.4, -0.2) is 0 Å². The second kappa shape index (κ2) is 5.24. The molecule has 4 aliphatic carbocycles. The van der Waals surface area contributed by atoms with Crippen LogP contribution in [0.4, 0.5) is 0 Å². The van der Waals surface area contributed by atoms with E-state index >= 15 is 0 Å². The van der Waals surface area contributed by atoms with Gasteiger partial charge in [-0.2, -0.15) is 0 Å². The van der Waals surface area contributed by atoms with Gasteiger partial charge in [-0.1, -0.05) is 51.5 Å². The topological polar surface area (TPSA) is 0 Å². The molecular formula is C23H36. The van der Waals surface area contributed by atoms with Crippen LogP contribution >= 0.6 is 0 Å². The van der Waals surface area contributed by atoms with E-state index in [4.69, 9.17) is 0 Å². The maximum absolute atomic E-state index is 4.50. The van der Waals surface area contributed by atoms with Gasteiger partial charge in [0.25, 0.3) is 0 Å². The SMILES string of the molecule is C=C1CCC2(C)C(C1)CC(CC)C1C3CCC(=C)C3(C)CCC12. The first-order valence-electron chi connectivity index (χ1n) is 10.2. The lowest BCUT2D eigenvalue weighted by atomic mass is 9.42. The second-order valence-electron chi connectivity index (χ2n) is 9.95. The summed E-state index contributed by atoms with van der Waals surface area (Å²) in [5.74, 6) is 4.76. The highest BCUT2D eigenvalue weighted by molar-refractivity contribution is 5.22. The summed E-state index contributed by atoms with van der Waals surface area (Å²) in [5, 5.41) is 0. The molecule has 4 rings (SSSR count). The first-order valence-corrected chi connectivity index (χ1v) is 10.2. The summed E-state index contributed by atoms with van der Waals surface area (Å²) < 4.78 is 0. The van der Waals surface area contributed by atoms with Crippen LogP contribution in [0.25, 0.3) is 0 Å². The van der Waals surface area contributed by atoms with Gasteiger partial charge in [0.1, 0.15) is 0 Å². The van der Waals surface area contributed by atoms with Gasteiger partial charge in [0.2, 0.25) is 0 Å². The molecule has 0 amide bonds. The van der Waals surface area contributed by atoms with Crippen molar-refractivity contribution in [3.05, 3.63) is 24.3 Å². The Morgan fingerprint density at radius 3 is 2.57 bits per heavy atom. The van der Waals surface area contributed by atoms with E-state index in [1.807, 2.05) is 0 Å². The molecule has 4 saturated carbocycles. The van der Waals surface area contributed by atoms with Crippen molar-refractivity contribution >= 4 is 0 Å². The van der Waals surface area contributed by atoms with Crippen molar-refractivity contribution in [2.24, 2.45) is 40.4 Å². The lowest BCUT2D eigenvalue weighted by Crippen LogP contribution is -2.55. The van der Waals surface area contributed by atoms with Crippen molar-refractivity contribution in [1.29, 1.82) is 0 Å². The van der Waals surface area contributed by atoms with Crippen LogP contribution in [0.15, 0.2) is 24.3 Å². The highest BCUT2D eigenvalue weighted by atomic mass is 14.6. The summed E-state index contributed by atoms with van der Waals surface area (Å²) in [6.45, 7) is 16.5. The molecule has 0 aliphatic heterocycles. The summed E-state index contributed by atoms with van der Waals surface area (Å²) >= 11 is 0. The summed E-state index contributed by atoms with van der Waals surface area (Å²) in [4.78, 5) is 0. The molecule has 0 nitrogen and oxygen atoms in total. The molecule has 0 heteroatoms. The highest BCUT2D eigenvalue weighted by Crippen LogP contribution is 2.68. The predicted octanol–water partition coefficient (Wildman–Crippen LogP) is 6.78. The number of rotatable bonds is 1. The fraction of sp³-hybridized carbons (Fsp3) is 0.826. The molecule has 0 aromatic carbocycles. The van der Waals surface area contributed by atoms with Crippen molar-refractivity contribution in [3.63, 3.8) is 0 Å². The van der Waals surface area contributed by atoms with Crippen LogP contribution in [0.1, 0.15) is 78.6 Å². The third-order valence-electron chi connectivity index (χ3n) is 9.28. The van der Waals surface area contributed by atoms with Crippen LogP contribution < -0.4 is 0 Å². The third kappa shape index (κ3) is 2.09. The maximum Gasteiger partial charge on any atom is -0.00878 e. The molecule has 0 bridgehead atoms. The Labute approximate surface area is 143 Å². The minimum Gasteiger partial charge on any atom is -0.0999 e. The average Bonchev–Trinajstić information content (AvgIpc) is 2.83. The fourth-order valence-corrected chi connectivity index (χ4v) is 7.67. The Bertz CT molecular complexity index is 528. The molecule has 0 heterocycles. The van der Waals surface area contributed by atoms with E-state index in [1.165, 1.54) is 63.4 Å². The minimum absolute atomic E-state index is 0.468. The molecule has 0 radical (unpaired) electrons. The van der Waals surface area contributed by atoms with Gasteiger partial charge in [0.05, 0.1) is 0 Å². The zero-order chi connectivity index (χ0) is 16.4. The van der Waals surface area contributed by atoms with Crippen molar-refractivity contribution in [2.45, 2.75) is 78.6 Å². The molecule has 0 aromatic heterocycles. The average molecular weight is 313 g/mol. The second-order valence-corrected chi connectivity index (χ2v) is 9.95. The largest absolute Gasteiger partial charge is 0.0999 e. The van der Waals surface area contributed by atoms with E-state index in [9.17, 15) is 0 Å². The lowest BCUT2D eigenvalue weighted by molar-refractivity contribution is -0.121. The quantitative estimate of drug-likeness (QED) is 0.468. The molecule has 0 aromatic rings. The molecule has 4 aliphatic rings. The molecule has 0 saturated heterocycles. The van der Waals surface area contributed by atoms with Gasteiger partial charge in [-0.25, -0.2) is 0 Å². The normalized spacial score (nSPS) is 52.7. The minimum atomic E-state index is 0.468. The van der Waals surface area contributed by atoms with Crippen LogP contribution in [0, 0.1) is 40.4 Å². The van der Waals surface area contributed by atoms with Gasteiger partial charge < -0.3 is 0 Å². The molecule has 23 heavy (non-hydrogen) atoms. The third-order valence-corrected chi connectivity index (χ3v) is 9.28. The van der Waals surface area contributed by atoms with E-state index < -0.39 is 0 Å². The van der Waals surface area contributed by atoms with Gasteiger partial charge in [-0.3, -0.25) is 0 Å². The number of hydrogen-bond acceptors (Lipinski definition) is 0. The molecule has 0 spiro atoms. The number of hydrogen-bond donors (Lipinski definition) is 0. The monoisotopic (exact) mass is 312 g/mol. The summed E-state index contributed by atoms with van der Waals surface area (Å²) in [5.41, 5.74) is 4.19. The van der Waals surface area contributed by atoms with Crippen molar-refractivity contribution in [1.82, 2.24) is 0 Å². The van der Waals surface area contributed by atoms with Crippen LogP contribution in [0.3, 0.4) is 0 Å². The van der Waals surface area contributed by atoms with Crippen molar-refractivity contribution < 1.29 is 0 Å². The van der Waals surface area contributed by atoms with E-state index in [1.54, 1.807) is 5.57 Å². The zero-order valence-corrected chi connectivity index (χ0v) is 15.7. The Balaban J connectivity index is 1.72. The lowest BCUT2D eigenvalue weighted by Gasteiger charge is -2.62. The molecule has 128 valence electrons. The molecule has 0 N–H and O–H groups in total. The van der Waals surface area contributed by atoms with E-state index in [0.717, 1.165) is 29.6 Å². The van der Waals surface area contributed by atoms with Crippen LogP contribution in [-0.2, 0) is 0 Å². The Morgan fingerprint density at radius 1 is 1.04 bits per heavy atom. The van der Waals surface area contributed by atoms with Crippen molar-refractivity contribution in [2.75, 3.05) is 0 Å². The number of fused-ring (bicyclic) bond motifs is 5. The smallest absolute Gasteiger partial charge is 0.00878 e. The summed E-state index contributed by atoms with van der Waals surface area (Å²) in [7, 11) is 0. The van der Waals surface area contributed by atoms with Crippen LogP contribution in [0.2, 0.25) is 0 Å². The van der Waals surface area contributed by atoms with Gasteiger partial charge in [-0.05, 0) is 91.8 Å².